The van der Waals surface area contributed by atoms with Gasteiger partial charge < -0.3 is 15.2 Å². The molecule has 7 heteroatoms. The van der Waals surface area contributed by atoms with Crippen molar-refractivity contribution in [3.05, 3.63) is 29.0 Å². The Morgan fingerprint density at radius 2 is 2.32 bits per heavy atom. The number of rotatable bonds is 7. The number of aromatic nitrogens is 1. The van der Waals surface area contributed by atoms with Crippen LogP contribution in [0, 0.1) is 0 Å². The van der Waals surface area contributed by atoms with Crippen LogP contribution in [0.1, 0.15) is 23.7 Å². The lowest BCUT2D eigenvalue weighted by atomic mass is 10.2. The maximum Gasteiger partial charge on any atom is 0.306 e. The fourth-order valence-corrected chi connectivity index (χ4v) is 1.66. The molecule has 0 radical (unpaired) electrons. The molecule has 0 saturated carbocycles. The van der Waals surface area contributed by atoms with Crippen LogP contribution in [0.25, 0.3) is 0 Å². The average Bonchev–Trinajstić information content (AvgIpc) is 2.36. The Balaban J connectivity index is 2.56. The fraction of sp³-hybridized carbons (Fsp3) is 0.417. The summed E-state index contributed by atoms with van der Waals surface area (Å²) in [7, 11) is 0. The Morgan fingerprint density at radius 1 is 1.58 bits per heavy atom. The van der Waals surface area contributed by atoms with Crippen LogP contribution in [-0.2, 0) is 9.53 Å². The molecule has 1 heterocycles. The molecule has 2 N–H and O–H groups in total. The van der Waals surface area contributed by atoms with Crippen molar-refractivity contribution in [2.75, 3.05) is 13.2 Å². The summed E-state index contributed by atoms with van der Waals surface area (Å²) in [6.07, 6.45) is 2.09. The summed E-state index contributed by atoms with van der Waals surface area (Å²) in [4.78, 5) is 26.3. The molecule has 6 nitrogen and oxygen atoms in total. The van der Waals surface area contributed by atoms with Crippen molar-refractivity contribution in [3.8, 4) is 0 Å². The highest BCUT2D eigenvalue weighted by atomic mass is 35.5. The molecule has 0 fully saturated rings. The first-order valence-corrected chi connectivity index (χ1v) is 6.13. The highest BCUT2D eigenvalue weighted by molar-refractivity contribution is 6.33. The summed E-state index contributed by atoms with van der Waals surface area (Å²) in [6.45, 7) is 2.24. The van der Waals surface area contributed by atoms with Crippen molar-refractivity contribution in [2.24, 2.45) is 0 Å². The van der Waals surface area contributed by atoms with Gasteiger partial charge in [-0.25, -0.2) is 0 Å². The van der Waals surface area contributed by atoms with Gasteiger partial charge in [0.15, 0.2) is 0 Å². The minimum absolute atomic E-state index is 0.101. The first-order chi connectivity index (χ1) is 9.04. The van der Waals surface area contributed by atoms with E-state index >= 15 is 0 Å². The maximum absolute atomic E-state index is 11.8. The van der Waals surface area contributed by atoms with Crippen LogP contribution in [0.3, 0.4) is 0 Å². The van der Waals surface area contributed by atoms with Crippen LogP contribution in [0.2, 0.25) is 5.02 Å². The van der Waals surface area contributed by atoms with E-state index in [-0.39, 0.29) is 18.5 Å². The number of hydrogen-bond donors (Lipinski definition) is 2. The van der Waals surface area contributed by atoms with Gasteiger partial charge in [-0.3, -0.25) is 14.6 Å². The van der Waals surface area contributed by atoms with E-state index in [4.69, 9.17) is 21.4 Å². The minimum atomic E-state index is -0.980. The molecule has 0 spiro atoms. The molecule has 0 aliphatic rings. The zero-order chi connectivity index (χ0) is 14.3. The van der Waals surface area contributed by atoms with E-state index in [9.17, 15) is 9.59 Å². The van der Waals surface area contributed by atoms with Gasteiger partial charge in [-0.05, 0) is 13.0 Å². The Bertz CT molecular complexity index is 453. The lowest BCUT2D eigenvalue weighted by Gasteiger charge is -2.15. The highest BCUT2D eigenvalue weighted by Gasteiger charge is 2.16. The van der Waals surface area contributed by atoms with Gasteiger partial charge in [-0.15, -0.1) is 0 Å². The molecule has 104 valence electrons. The summed E-state index contributed by atoms with van der Waals surface area (Å²) < 4.78 is 5.23. The van der Waals surface area contributed by atoms with E-state index in [0.717, 1.165) is 0 Å². The van der Waals surface area contributed by atoms with Crippen LogP contribution in [0.5, 0.6) is 0 Å². The molecule has 1 aromatic rings. The first-order valence-electron chi connectivity index (χ1n) is 5.75. The molecular formula is C12H15ClN2O4. The summed E-state index contributed by atoms with van der Waals surface area (Å²) in [6, 6.07) is 1.51. The van der Waals surface area contributed by atoms with Crippen molar-refractivity contribution in [3.63, 3.8) is 0 Å². The van der Waals surface area contributed by atoms with Crippen molar-refractivity contribution >= 4 is 23.5 Å². The van der Waals surface area contributed by atoms with Gasteiger partial charge in [0.1, 0.15) is 0 Å². The molecule has 1 amide bonds. The van der Waals surface area contributed by atoms with Gasteiger partial charge in [0, 0.05) is 25.5 Å². The van der Waals surface area contributed by atoms with Crippen molar-refractivity contribution in [1.82, 2.24) is 10.3 Å². The molecule has 1 aromatic heterocycles. The molecule has 19 heavy (non-hydrogen) atoms. The molecule has 0 aliphatic heterocycles. The normalized spacial score (nSPS) is 11.9. The van der Waals surface area contributed by atoms with Gasteiger partial charge in [0.25, 0.3) is 5.91 Å². The molecule has 0 bridgehead atoms. The smallest absolute Gasteiger partial charge is 0.306 e. The van der Waals surface area contributed by atoms with E-state index in [2.05, 4.69) is 10.3 Å². The SMILES string of the molecule is CCOC(CNC(=O)c1cnccc1Cl)CC(=O)O. The zero-order valence-corrected chi connectivity index (χ0v) is 11.2. The number of pyridine rings is 1. The summed E-state index contributed by atoms with van der Waals surface area (Å²) in [5.74, 6) is -1.39. The topological polar surface area (TPSA) is 88.5 Å². The number of ether oxygens (including phenoxy) is 1. The third-order valence-electron chi connectivity index (χ3n) is 2.31. The van der Waals surface area contributed by atoms with E-state index in [1.807, 2.05) is 0 Å². The first kappa shape index (κ1) is 15.4. The number of carbonyl (C=O) groups is 2. The Morgan fingerprint density at radius 3 is 2.89 bits per heavy atom. The van der Waals surface area contributed by atoms with Crippen molar-refractivity contribution in [1.29, 1.82) is 0 Å². The number of carboxylic acids is 1. The van der Waals surface area contributed by atoms with Gasteiger partial charge in [0.2, 0.25) is 0 Å². The number of carbonyl (C=O) groups excluding carboxylic acids is 1. The number of aliphatic carboxylic acids is 1. The second-order valence-corrected chi connectivity index (χ2v) is 4.15. The van der Waals surface area contributed by atoms with Gasteiger partial charge in [-0.1, -0.05) is 11.6 Å². The molecule has 1 atom stereocenters. The fourth-order valence-electron chi connectivity index (χ4n) is 1.47. The molecular weight excluding hydrogens is 272 g/mol. The third kappa shape index (κ3) is 5.23. The molecule has 1 unspecified atom stereocenters. The van der Waals surface area contributed by atoms with Gasteiger partial charge in [-0.2, -0.15) is 0 Å². The number of amides is 1. The predicted octanol–water partition coefficient (Wildman–Crippen LogP) is 1.34. The average molecular weight is 287 g/mol. The highest BCUT2D eigenvalue weighted by Crippen LogP contribution is 2.13. The molecule has 0 saturated heterocycles. The largest absolute Gasteiger partial charge is 0.481 e. The number of hydrogen-bond acceptors (Lipinski definition) is 4. The summed E-state index contributed by atoms with van der Waals surface area (Å²) in [5, 5.41) is 11.6. The zero-order valence-electron chi connectivity index (χ0n) is 10.4. The van der Waals surface area contributed by atoms with Gasteiger partial charge >= 0.3 is 5.97 Å². The van der Waals surface area contributed by atoms with Crippen LogP contribution >= 0.6 is 11.6 Å². The number of carboxylic acid groups (broad SMARTS) is 1. The summed E-state index contributed by atoms with van der Waals surface area (Å²) in [5.41, 5.74) is 0.245. The standard InChI is InChI=1S/C12H15ClN2O4/c1-2-19-8(5-11(16)17)6-15-12(18)9-7-14-4-3-10(9)13/h3-4,7-8H,2,5-6H2,1H3,(H,15,18)(H,16,17). The lowest BCUT2D eigenvalue weighted by Crippen LogP contribution is -2.35. The number of halogens is 1. The van der Waals surface area contributed by atoms with Crippen LogP contribution in [0.4, 0.5) is 0 Å². The van der Waals surface area contributed by atoms with Crippen LogP contribution in [0.15, 0.2) is 18.5 Å². The molecule has 1 rings (SSSR count). The quantitative estimate of drug-likeness (QED) is 0.790. The van der Waals surface area contributed by atoms with E-state index in [0.29, 0.717) is 11.6 Å². The Hall–Kier alpha value is -1.66. The van der Waals surface area contributed by atoms with E-state index < -0.39 is 18.0 Å². The van der Waals surface area contributed by atoms with Crippen molar-refractivity contribution < 1.29 is 19.4 Å². The summed E-state index contributed by atoms with van der Waals surface area (Å²) >= 11 is 5.85. The lowest BCUT2D eigenvalue weighted by molar-refractivity contribution is -0.140. The Labute approximate surface area is 115 Å². The van der Waals surface area contributed by atoms with Crippen LogP contribution < -0.4 is 5.32 Å². The maximum atomic E-state index is 11.8. The van der Waals surface area contributed by atoms with Crippen molar-refractivity contribution in [2.45, 2.75) is 19.4 Å². The number of nitrogens with zero attached hydrogens (tertiary/aromatic N) is 1. The van der Waals surface area contributed by atoms with E-state index in [1.165, 1.54) is 18.5 Å². The minimum Gasteiger partial charge on any atom is -0.481 e. The Kier molecular flexibility index (Phi) is 6.24. The van der Waals surface area contributed by atoms with Gasteiger partial charge in [0.05, 0.1) is 23.1 Å². The molecule has 0 aromatic carbocycles. The van der Waals surface area contributed by atoms with Crippen LogP contribution in [-0.4, -0.2) is 41.2 Å². The second-order valence-electron chi connectivity index (χ2n) is 3.74. The predicted molar refractivity (Wildman–Crippen MR) is 69.2 cm³/mol. The number of nitrogens with one attached hydrogen (secondary N) is 1. The molecule has 0 aliphatic carbocycles. The second kappa shape index (κ2) is 7.70. The third-order valence-corrected chi connectivity index (χ3v) is 2.64. The monoisotopic (exact) mass is 286 g/mol. The van der Waals surface area contributed by atoms with E-state index in [1.54, 1.807) is 6.92 Å².